The van der Waals surface area contributed by atoms with E-state index in [1.807, 2.05) is 30.3 Å². The minimum Gasteiger partial charge on any atom is -0.337 e. The monoisotopic (exact) mass is 204 g/mol. The van der Waals surface area contributed by atoms with Gasteiger partial charge in [0.2, 0.25) is 5.91 Å². The van der Waals surface area contributed by atoms with E-state index in [0.29, 0.717) is 19.5 Å². The molecule has 0 radical (unpaired) electrons. The highest BCUT2D eigenvalue weighted by Gasteiger charge is 2.25. The smallest absolute Gasteiger partial charge is 0.324 e. The molecule has 4 nitrogen and oxygen atoms in total. The van der Waals surface area contributed by atoms with Crippen LogP contribution in [0.1, 0.15) is 12.0 Å². The molecule has 3 amide bonds. The normalized spacial score (nSPS) is 16.4. The summed E-state index contributed by atoms with van der Waals surface area (Å²) < 4.78 is 0. The fourth-order valence-corrected chi connectivity index (χ4v) is 1.55. The summed E-state index contributed by atoms with van der Waals surface area (Å²) in [4.78, 5) is 24.1. The van der Waals surface area contributed by atoms with Crippen LogP contribution in [0.2, 0.25) is 0 Å². The average Bonchev–Trinajstić information content (AvgIpc) is 2.25. The number of imide groups is 1. The van der Waals surface area contributed by atoms with Gasteiger partial charge in [-0.15, -0.1) is 0 Å². The number of nitrogens with zero attached hydrogens (tertiary/aromatic N) is 1. The lowest BCUT2D eigenvalue weighted by atomic mass is 10.2. The Morgan fingerprint density at radius 2 is 1.93 bits per heavy atom. The number of benzene rings is 1. The molecule has 1 aliphatic heterocycles. The van der Waals surface area contributed by atoms with Gasteiger partial charge in [-0.05, 0) is 5.56 Å². The average molecular weight is 204 g/mol. The first-order valence-electron chi connectivity index (χ1n) is 4.89. The van der Waals surface area contributed by atoms with Crippen molar-refractivity contribution in [2.24, 2.45) is 0 Å². The summed E-state index contributed by atoms with van der Waals surface area (Å²) in [5.41, 5.74) is 0.961. The van der Waals surface area contributed by atoms with Gasteiger partial charge in [-0.3, -0.25) is 9.69 Å². The van der Waals surface area contributed by atoms with Gasteiger partial charge < -0.3 is 5.32 Å². The van der Waals surface area contributed by atoms with E-state index in [1.54, 1.807) is 0 Å². The first kappa shape index (κ1) is 9.71. The van der Waals surface area contributed by atoms with E-state index in [-0.39, 0.29) is 11.9 Å². The summed E-state index contributed by atoms with van der Waals surface area (Å²) in [5.74, 6) is -0.109. The third kappa shape index (κ3) is 2.15. The van der Waals surface area contributed by atoms with E-state index in [4.69, 9.17) is 0 Å². The molecule has 1 aromatic carbocycles. The fourth-order valence-electron chi connectivity index (χ4n) is 1.55. The van der Waals surface area contributed by atoms with Gasteiger partial charge in [0.15, 0.2) is 0 Å². The highest BCUT2D eigenvalue weighted by Crippen LogP contribution is 2.08. The Bertz CT molecular complexity index is 359. The number of hydrogen-bond acceptors (Lipinski definition) is 2. The molecule has 0 saturated carbocycles. The molecule has 1 heterocycles. The minimum atomic E-state index is -0.296. The van der Waals surface area contributed by atoms with Crippen LogP contribution in [-0.2, 0) is 11.3 Å². The number of rotatable bonds is 2. The van der Waals surface area contributed by atoms with Gasteiger partial charge in [0.1, 0.15) is 0 Å². The molecule has 78 valence electrons. The molecule has 4 heteroatoms. The lowest BCUT2D eigenvalue weighted by Crippen LogP contribution is -2.49. The van der Waals surface area contributed by atoms with E-state index >= 15 is 0 Å². The molecule has 0 unspecified atom stereocenters. The highest BCUT2D eigenvalue weighted by atomic mass is 16.2. The summed E-state index contributed by atoms with van der Waals surface area (Å²) in [6.45, 7) is 0.800. The van der Waals surface area contributed by atoms with Gasteiger partial charge in [-0.2, -0.15) is 0 Å². The van der Waals surface area contributed by atoms with Crippen LogP contribution in [0.5, 0.6) is 0 Å². The summed E-state index contributed by atoms with van der Waals surface area (Å²) >= 11 is 0. The maximum atomic E-state index is 11.5. The van der Waals surface area contributed by atoms with Gasteiger partial charge in [-0.1, -0.05) is 30.3 Å². The highest BCUT2D eigenvalue weighted by molar-refractivity contribution is 5.96. The molecule has 0 aromatic heterocycles. The van der Waals surface area contributed by atoms with Crippen LogP contribution in [0.25, 0.3) is 0 Å². The quantitative estimate of drug-likeness (QED) is 0.785. The zero-order valence-corrected chi connectivity index (χ0v) is 8.27. The molecule has 1 fully saturated rings. The SMILES string of the molecule is O=C1CCNC(=O)N1Cc1ccccc1. The molecule has 0 atom stereocenters. The molecular weight excluding hydrogens is 192 g/mol. The summed E-state index contributed by atoms with van der Waals surface area (Å²) in [6, 6.07) is 9.19. The van der Waals surface area contributed by atoms with E-state index in [1.165, 1.54) is 4.90 Å². The van der Waals surface area contributed by atoms with E-state index in [2.05, 4.69) is 5.32 Å². The first-order chi connectivity index (χ1) is 7.27. The van der Waals surface area contributed by atoms with Crippen LogP contribution in [0, 0.1) is 0 Å². The molecular formula is C11H12N2O2. The summed E-state index contributed by atoms with van der Waals surface area (Å²) in [6.07, 6.45) is 0.387. The number of carbonyl (C=O) groups excluding carboxylic acids is 2. The third-order valence-electron chi connectivity index (χ3n) is 2.34. The Labute approximate surface area is 87.9 Å². The van der Waals surface area contributed by atoms with Gasteiger partial charge in [0.05, 0.1) is 6.54 Å². The Hall–Kier alpha value is -1.84. The largest absolute Gasteiger partial charge is 0.337 e. The van der Waals surface area contributed by atoms with Crippen molar-refractivity contribution < 1.29 is 9.59 Å². The van der Waals surface area contributed by atoms with Gasteiger partial charge in [-0.25, -0.2) is 4.79 Å². The second-order valence-corrected chi connectivity index (χ2v) is 3.45. The predicted molar refractivity (Wildman–Crippen MR) is 55.0 cm³/mol. The van der Waals surface area contributed by atoms with Crippen LogP contribution in [0.15, 0.2) is 30.3 Å². The summed E-state index contributed by atoms with van der Waals surface area (Å²) in [5, 5.41) is 2.65. The van der Waals surface area contributed by atoms with E-state index in [9.17, 15) is 9.59 Å². The minimum absolute atomic E-state index is 0.109. The van der Waals surface area contributed by atoms with Crippen molar-refractivity contribution in [1.29, 1.82) is 0 Å². The Kier molecular flexibility index (Phi) is 2.67. The van der Waals surface area contributed by atoms with Crippen molar-refractivity contribution in [1.82, 2.24) is 10.2 Å². The lowest BCUT2D eigenvalue weighted by Gasteiger charge is -2.25. The van der Waals surface area contributed by atoms with Gasteiger partial charge in [0, 0.05) is 13.0 Å². The van der Waals surface area contributed by atoms with Crippen LogP contribution in [-0.4, -0.2) is 23.4 Å². The van der Waals surface area contributed by atoms with Crippen LogP contribution < -0.4 is 5.32 Å². The van der Waals surface area contributed by atoms with Crippen LogP contribution in [0.4, 0.5) is 4.79 Å². The van der Waals surface area contributed by atoms with Crippen molar-refractivity contribution in [3.63, 3.8) is 0 Å². The van der Waals surface area contributed by atoms with Crippen molar-refractivity contribution in [3.8, 4) is 0 Å². The Balaban J connectivity index is 2.10. The molecule has 1 saturated heterocycles. The Morgan fingerprint density at radius 1 is 1.20 bits per heavy atom. The van der Waals surface area contributed by atoms with Crippen molar-refractivity contribution in [2.45, 2.75) is 13.0 Å². The zero-order chi connectivity index (χ0) is 10.7. The molecule has 2 rings (SSSR count). The van der Waals surface area contributed by atoms with E-state index < -0.39 is 0 Å². The van der Waals surface area contributed by atoms with Crippen LogP contribution >= 0.6 is 0 Å². The molecule has 15 heavy (non-hydrogen) atoms. The molecule has 0 bridgehead atoms. The van der Waals surface area contributed by atoms with Gasteiger partial charge >= 0.3 is 6.03 Å². The number of amides is 3. The van der Waals surface area contributed by atoms with Crippen molar-refractivity contribution >= 4 is 11.9 Å². The first-order valence-corrected chi connectivity index (χ1v) is 4.89. The number of carbonyl (C=O) groups is 2. The second kappa shape index (κ2) is 4.13. The van der Waals surface area contributed by atoms with Crippen molar-refractivity contribution in [2.75, 3.05) is 6.54 Å². The maximum Gasteiger partial charge on any atom is 0.324 e. The number of urea groups is 1. The molecule has 1 N–H and O–H groups in total. The topological polar surface area (TPSA) is 49.4 Å². The van der Waals surface area contributed by atoms with Gasteiger partial charge in [0.25, 0.3) is 0 Å². The number of hydrogen-bond donors (Lipinski definition) is 1. The van der Waals surface area contributed by atoms with Crippen molar-refractivity contribution in [3.05, 3.63) is 35.9 Å². The Morgan fingerprint density at radius 3 is 2.60 bits per heavy atom. The fraction of sp³-hybridized carbons (Fsp3) is 0.273. The third-order valence-corrected chi connectivity index (χ3v) is 2.34. The molecule has 0 spiro atoms. The van der Waals surface area contributed by atoms with E-state index in [0.717, 1.165) is 5.56 Å². The number of nitrogens with one attached hydrogen (secondary N) is 1. The predicted octanol–water partition coefficient (Wildman–Crippen LogP) is 1.13. The lowest BCUT2D eigenvalue weighted by molar-refractivity contribution is -0.129. The standard InChI is InChI=1S/C11H12N2O2/c14-10-6-7-12-11(15)13(10)8-9-4-2-1-3-5-9/h1-5H,6-8H2,(H,12,15). The maximum absolute atomic E-state index is 11.5. The second-order valence-electron chi connectivity index (χ2n) is 3.45. The molecule has 1 aromatic rings. The zero-order valence-electron chi connectivity index (χ0n) is 8.27. The summed E-state index contributed by atoms with van der Waals surface area (Å²) in [7, 11) is 0. The molecule has 0 aliphatic carbocycles. The van der Waals surface area contributed by atoms with Crippen LogP contribution in [0.3, 0.4) is 0 Å². The molecule has 1 aliphatic rings.